The van der Waals surface area contributed by atoms with Crippen LogP contribution in [0.1, 0.15) is 39.8 Å². The summed E-state index contributed by atoms with van der Waals surface area (Å²) in [5.41, 5.74) is 0.583. The van der Waals surface area contributed by atoms with Crippen molar-refractivity contribution in [3.05, 3.63) is 18.0 Å². The fourth-order valence-corrected chi connectivity index (χ4v) is 1.25. The van der Waals surface area contributed by atoms with Gasteiger partial charge in [0.1, 0.15) is 0 Å². The highest BCUT2D eigenvalue weighted by Crippen LogP contribution is 2.03. The van der Waals surface area contributed by atoms with Crippen LogP contribution in [0.25, 0.3) is 0 Å². The molecule has 3 heteroatoms. The summed E-state index contributed by atoms with van der Waals surface area (Å²) in [6, 6.07) is 0.745. The van der Waals surface area contributed by atoms with Crippen molar-refractivity contribution in [1.29, 1.82) is 5.41 Å². The van der Waals surface area contributed by atoms with Gasteiger partial charge in [0.05, 0.1) is 0 Å². The van der Waals surface area contributed by atoms with E-state index >= 15 is 0 Å². The van der Waals surface area contributed by atoms with Crippen LogP contribution >= 0.6 is 0 Å². The Kier molecular flexibility index (Phi) is 2.40. The van der Waals surface area contributed by atoms with Crippen molar-refractivity contribution in [3.8, 4) is 0 Å². The molecule has 1 rings (SSSR count). The summed E-state index contributed by atoms with van der Waals surface area (Å²) in [6.45, 7) is 8.34. The Morgan fingerprint density at radius 3 is 1.50 bits per heavy atom. The molecule has 3 nitrogen and oxygen atoms in total. The first-order valence-electron chi connectivity index (χ1n) is 4.37. The largest absolute Gasteiger partial charge is 0.315 e. The van der Waals surface area contributed by atoms with Crippen molar-refractivity contribution in [1.82, 2.24) is 9.13 Å². The molecule has 1 aromatic heterocycles. The highest BCUT2D eigenvalue weighted by molar-refractivity contribution is 4.83. The van der Waals surface area contributed by atoms with Crippen LogP contribution in [0.2, 0.25) is 0 Å². The minimum atomic E-state index is 0.373. The third-order valence-corrected chi connectivity index (χ3v) is 1.99. The Bertz CT molecular complexity index is 275. The monoisotopic (exact) mass is 167 g/mol. The van der Waals surface area contributed by atoms with Gasteiger partial charge in [-0.2, -0.15) is 0 Å². The summed E-state index contributed by atoms with van der Waals surface area (Å²) >= 11 is 0. The highest BCUT2D eigenvalue weighted by atomic mass is 15.2. The molecule has 0 bridgehead atoms. The number of nitrogens with one attached hydrogen (secondary N) is 1. The molecule has 1 heterocycles. The van der Waals surface area contributed by atoms with Gasteiger partial charge in [0.25, 0.3) is 0 Å². The van der Waals surface area contributed by atoms with Gasteiger partial charge in [0.2, 0.25) is 5.62 Å². The van der Waals surface area contributed by atoms with E-state index in [1.165, 1.54) is 0 Å². The van der Waals surface area contributed by atoms with Gasteiger partial charge in [-0.1, -0.05) is 0 Å². The Morgan fingerprint density at radius 2 is 1.33 bits per heavy atom. The first-order valence-corrected chi connectivity index (χ1v) is 4.37. The van der Waals surface area contributed by atoms with Crippen molar-refractivity contribution in [3.63, 3.8) is 0 Å². The van der Waals surface area contributed by atoms with Gasteiger partial charge in [0.15, 0.2) is 0 Å². The van der Waals surface area contributed by atoms with Crippen LogP contribution in [-0.2, 0) is 0 Å². The Hall–Kier alpha value is -0.990. The first-order chi connectivity index (χ1) is 5.54. The minimum Gasteiger partial charge on any atom is -0.315 e. The maximum Gasteiger partial charge on any atom is 0.202 e. The Balaban J connectivity index is 3.14. The highest BCUT2D eigenvalue weighted by Gasteiger charge is 2.04. The van der Waals surface area contributed by atoms with E-state index in [9.17, 15) is 0 Å². The van der Waals surface area contributed by atoms with Gasteiger partial charge in [-0.15, -0.1) is 0 Å². The molecule has 0 aliphatic rings. The quantitative estimate of drug-likeness (QED) is 0.698. The minimum absolute atomic E-state index is 0.373. The van der Waals surface area contributed by atoms with E-state index in [1.807, 2.05) is 21.5 Å². The topological polar surface area (TPSA) is 33.7 Å². The number of aromatic nitrogens is 2. The molecule has 0 radical (unpaired) electrons. The lowest BCUT2D eigenvalue weighted by atomic mass is 10.4. The molecule has 0 saturated heterocycles. The molecule has 1 aromatic rings. The summed E-state index contributed by atoms with van der Waals surface area (Å²) in [6.07, 6.45) is 3.93. The van der Waals surface area contributed by atoms with Crippen molar-refractivity contribution < 1.29 is 0 Å². The molecular weight excluding hydrogens is 150 g/mol. The molecule has 0 spiro atoms. The lowest BCUT2D eigenvalue weighted by Gasteiger charge is -2.08. The normalized spacial score (nSPS) is 11.5. The molecule has 0 aliphatic carbocycles. The predicted molar refractivity (Wildman–Crippen MR) is 49.0 cm³/mol. The van der Waals surface area contributed by atoms with E-state index in [4.69, 9.17) is 5.41 Å². The third kappa shape index (κ3) is 1.44. The van der Waals surface area contributed by atoms with Crippen LogP contribution in [0.3, 0.4) is 0 Å². The smallest absolute Gasteiger partial charge is 0.202 e. The number of hydrogen-bond acceptors (Lipinski definition) is 1. The summed E-state index contributed by atoms with van der Waals surface area (Å²) in [5, 5.41) is 7.81. The second-order valence-corrected chi connectivity index (χ2v) is 3.62. The van der Waals surface area contributed by atoms with E-state index < -0.39 is 0 Å². The lowest BCUT2D eigenvalue weighted by Crippen LogP contribution is -2.26. The van der Waals surface area contributed by atoms with Crippen molar-refractivity contribution >= 4 is 0 Å². The van der Waals surface area contributed by atoms with Crippen molar-refractivity contribution in [2.75, 3.05) is 0 Å². The van der Waals surface area contributed by atoms with E-state index in [0.29, 0.717) is 17.7 Å². The van der Waals surface area contributed by atoms with Gasteiger partial charge in [-0.3, -0.25) is 5.41 Å². The van der Waals surface area contributed by atoms with Crippen LogP contribution in [0, 0.1) is 5.41 Å². The van der Waals surface area contributed by atoms with Crippen LogP contribution in [0.4, 0.5) is 0 Å². The summed E-state index contributed by atoms with van der Waals surface area (Å²) in [5.74, 6) is 0. The second-order valence-electron chi connectivity index (χ2n) is 3.62. The molecular formula is C9H17N3. The number of hydrogen-bond donors (Lipinski definition) is 1. The van der Waals surface area contributed by atoms with Gasteiger partial charge in [-0.05, 0) is 27.7 Å². The molecule has 0 amide bonds. The lowest BCUT2D eigenvalue weighted by molar-refractivity contribution is 0.502. The molecule has 68 valence electrons. The van der Waals surface area contributed by atoms with Crippen LogP contribution < -0.4 is 5.62 Å². The van der Waals surface area contributed by atoms with E-state index in [-0.39, 0.29) is 0 Å². The fraction of sp³-hybridized carbons (Fsp3) is 0.667. The zero-order valence-corrected chi connectivity index (χ0v) is 8.20. The first kappa shape index (κ1) is 9.10. The van der Waals surface area contributed by atoms with Crippen LogP contribution in [-0.4, -0.2) is 9.13 Å². The zero-order valence-electron chi connectivity index (χ0n) is 8.20. The number of imidazole rings is 1. The van der Waals surface area contributed by atoms with E-state index in [0.717, 1.165) is 0 Å². The average Bonchev–Trinajstić information content (AvgIpc) is 2.30. The molecule has 0 aromatic carbocycles. The van der Waals surface area contributed by atoms with Crippen LogP contribution in [0.5, 0.6) is 0 Å². The van der Waals surface area contributed by atoms with Crippen molar-refractivity contribution in [2.24, 2.45) is 0 Å². The van der Waals surface area contributed by atoms with E-state index in [2.05, 4.69) is 27.7 Å². The number of nitrogens with zero attached hydrogens (tertiary/aromatic N) is 2. The predicted octanol–water partition coefficient (Wildman–Crippen LogP) is 1.93. The summed E-state index contributed by atoms with van der Waals surface area (Å²) in [7, 11) is 0. The number of rotatable bonds is 2. The van der Waals surface area contributed by atoms with Gasteiger partial charge in [0, 0.05) is 24.5 Å². The Morgan fingerprint density at radius 1 is 1.00 bits per heavy atom. The maximum absolute atomic E-state index is 7.81. The fourth-order valence-electron chi connectivity index (χ4n) is 1.25. The molecule has 0 unspecified atom stereocenters. The van der Waals surface area contributed by atoms with Gasteiger partial charge >= 0.3 is 0 Å². The van der Waals surface area contributed by atoms with Gasteiger partial charge in [-0.25, -0.2) is 0 Å². The van der Waals surface area contributed by atoms with Crippen molar-refractivity contribution in [2.45, 2.75) is 39.8 Å². The molecule has 0 saturated carbocycles. The molecule has 12 heavy (non-hydrogen) atoms. The standard InChI is InChI=1S/C9H17N3/c1-7(2)11-5-6-12(8(3)4)9(11)10/h5-8,10H,1-4H3. The zero-order chi connectivity index (χ0) is 9.30. The molecule has 1 N–H and O–H groups in total. The summed E-state index contributed by atoms with van der Waals surface area (Å²) in [4.78, 5) is 0. The van der Waals surface area contributed by atoms with Crippen LogP contribution in [0.15, 0.2) is 12.4 Å². The molecule has 0 fully saturated rings. The van der Waals surface area contributed by atoms with Gasteiger partial charge < -0.3 is 9.13 Å². The molecule has 0 atom stereocenters. The second kappa shape index (κ2) is 3.17. The summed E-state index contributed by atoms with van der Waals surface area (Å²) < 4.78 is 3.92. The average molecular weight is 167 g/mol. The molecule has 0 aliphatic heterocycles. The Labute approximate surface area is 73.2 Å². The van der Waals surface area contributed by atoms with E-state index in [1.54, 1.807) is 0 Å². The SMILES string of the molecule is CC(C)n1ccn(C(C)C)c1=N. The third-order valence-electron chi connectivity index (χ3n) is 1.99. The maximum atomic E-state index is 7.81.